The minimum atomic E-state index is -1.26. The molecule has 6 atom stereocenters. The van der Waals surface area contributed by atoms with Crippen molar-refractivity contribution in [2.45, 2.75) is 32.6 Å². The average Bonchev–Trinajstić information content (AvgIpc) is 3.38. The molecule has 0 spiro atoms. The van der Waals surface area contributed by atoms with Crippen LogP contribution in [0.15, 0.2) is 84.4 Å². The molecule has 0 unspecified atom stereocenters. The quantitative estimate of drug-likeness (QED) is 0.328. The van der Waals surface area contributed by atoms with E-state index in [1.165, 1.54) is 29.2 Å². The number of phenols is 1. The van der Waals surface area contributed by atoms with Crippen molar-refractivity contribution in [1.29, 1.82) is 0 Å². The highest BCUT2D eigenvalue weighted by molar-refractivity contribution is 6.25. The van der Waals surface area contributed by atoms with Gasteiger partial charge >= 0.3 is 5.97 Å². The van der Waals surface area contributed by atoms with Crippen LogP contribution in [0.1, 0.15) is 47.2 Å². The van der Waals surface area contributed by atoms with Gasteiger partial charge in [-0.25, -0.2) is 9.69 Å². The summed E-state index contributed by atoms with van der Waals surface area (Å²) in [5.41, 5.74) is 1.23. The minimum absolute atomic E-state index is 0.0282. The summed E-state index contributed by atoms with van der Waals surface area (Å²) in [6.07, 6.45) is 2.35. The van der Waals surface area contributed by atoms with Gasteiger partial charge in [0.2, 0.25) is 23.6 Å². The van der Waals surface area contributed by atoms with Gasteiger partial charge in [0.25, 0.3) is 0 Å². The second-order valence-electron chi connectivity index (χ2n) is 12.4. The zero-order valence-electron chi connectivity index (χ0n) is 24.1. The molecule has 2 N–H and O–H groups in total. The van der Waals surface area contributed by atoms with Crippen molar-refractivity contribution in [1.82, 2.24) is 0 Å². The highest BCUT2D eigenvalue weighted by Crippen LogP contribution is 2.64. The zero-order valence-corrected chi connectivity index (χ0v) is 24.1. The van der Waals surface area contributed by atoms with E-state index in [0.29, 0.717) is 16.8 Å². The number of fused-ring (bicyclic) bond motifs is 4. The molecule has 4 amide bonds. The Morgan fingerprint density at radius 3 is 2.27 bits per heavy atom. The lowest BCUT2D eigenvalue weighted by Gasteiger charge is -2.49. The number of rotatable bonds is 4. The third-order valence-corrected chi connectivity index (χ3v) is 10.2. The molecule has 2 aliphatic heterocycles. The number of carbonyl (C=O) groups excluding carboxylic acids is 4. The number of amides is 4. The monoisotopic (exact) mass is 590 g/mol. The first-order chi connectivity index (χ1) is 21.1. The summed E-state index contributed by atoms with van der Waals surface area (Å²) in [6, 6.07) is 19.8. The molecule has 2 aliphatic carbocycles. The van der Waals surface area contributed by atoms with Crippen molar-refractivity contribution in [3.8, 4) is 5.75 Å². The standard InChI is InChI=1S/C35H30N2O7/c1-18-8-6-13-24(29(18)38)28-22-14-15-23-27(32(41)36(30(23)39)21-12-7-9-19(16-21)33(42)43)25(22)17-26-31(40)37(34(44)35(26,28)2)20-10-4-3-5-11-20/h3-14,16,23,25-28,38H,15,17H2,1-2H3,(H,42,43)/t23-,25+,26-,27-,28+,35+/m0/s1. The number of benzene rings is 3. The molecule has 2 heterocycles. The first kappa shape index (κ1) is 27.8. The number of carboxylic acid groups (broad SMARTS) is 1. The van der Waals surface area contributed by atoms with E-state index in [1.807, 2.05) is 6.08 Å². The highest BCUT2D eigenvalue weighted by Gasteiger charge is 2.68. The molecule has 0 radical (unpaired) electrons. The summed E-state index contributed by atoms with van der Waals surface area (Å²) in [6.45, 7) is 3.55. The van der Waals surface area contributed by atoms with Gasteiger partial charge in [-0.05, 0) is 68.5 Å². The number of hydrogen-bond acceptors (Lipinski definition) is 6. The van der Waals surface area contributed by atoms with Crippen LogP contribution in [0.5, 0.6) is 5.75 Å². The van der Waals surface area contributed by atoms with Gasteiger partial charge in [-0.2, -0.15) is 0 Å². The number of phenolic OH excluding ortho intramolecular Hbond substituents is 1. The Bertz CT molecular complexity index is 1810. The number of carbonyl (C=O) groups is 5. The van der Waals surface area contributed by atoms with E-state index in [2.05, 4.69) is 0 Å². The summed E-state index contributed by atoms with van der Waals surface area (Å²) in [4.78, 5) is 70.5. The number of para-hydroxylation sites is 2. The Balaban J connectivity index is 1.37. The lowest BCUT2D eigenvalue weighted by molar-refractivity contribution is -0.131. The van der Waals surface area contributed by atoms with Crippen molar-refractivity contribution < 1.29 is 34.2 Å². The van der Waals surface area contributed by atoms with Crippen LogP contribution in [0.2, 0.25) is 0 Å². The molecule has 3 aromatic rings. The van der Waals surface area contributed by atoms with Crippen molar-refractivity contribution in [3.05, 3.63) is 101 Å². The van der Waals surface area contributed by atoms with Crippen molar-refractivity contribution in [2.75, 3.05) is 9.80 Å². The number of imide groups is 2. The van der Waals surface area contributed by atoms with Crippen LogP contribution >= 0.6 is 0 Å². The number of aromatic hydroxyl groups is 1. The number of nitrogens with zero attached hydrogens (tertiary/aromatic N) is 2. The van der Waals surface area contributed by atoms with Gasteiger partial charge in [0, 0.05) is 11.5 Å². The van der Waals surface area contributed by atoms with Gasteiger partial charge in [-0.1, -0.05) is 54.1 Å². The number of allylic oxidation sites excluding steroid dienone is 2. The zero-order chi connectivity index (χ0) is 31.1. The van der Waals surface area contributed by atoms with Crippen LogP contribution < -0.4 is 9.80 Å². The maximum absolute atomic E-state index is 14.4. The third-order valence-electron chi connectivity index (χ3n) is 10.2. The van der Waals surface area contributed by atoms with E-state index < -0.39 is 52.8 Å². The Kier molecular flexibility index (Phi) is 6.14. The molecule has 7 rings (SSSR count). The van der Waals surface area contributed by atoms with Crippen molar-refractivity contribution in [3.63, 3.8) is 0 Å². The summed E-state index contributed by atoms with van der Waals surface area (Å²) in [7, 11) is 0. The molecule has 1 saturated carbocycles. The molecule has 3 fully saturated rings. The van der Waals surface area contributed by atoms with Crippen molar-refractivity contribution >= 4 is 41.0 Å². The van der Waals surface area contributed by atoms with Crippen LogP contribution in [-0.4, -0.2) is 39.8 Å². The SMILES string of the molecule is Cc1cccc([C@H]2C3=CC[C@@H]4C(=O)N(c5cccc(C(=O)O)c5)C(=O)[C@@H]4[C@@H]3C[C@H]3C(=O)N(c4ccccc4)C(=O)[C@@]23C)c1O. The fourth-order valence-electron chi connectivity index (χ4n) is 8.13. The van der Waals surface area contributed by atoms with Gasteiger partial charge in [-0.3, -0.25) is 24.1 Å². The summed E-state index contributed by atoms with van der Waals surface area (Å²) >= 11 is 0. The molecule has 0 aromatic heterocycles. The van der Waals surface area contributed by atoms with Gasteiger partial charge in [-0.15, -0.1) is 0 Å². The van der Waals surface area contributed by atoms with E-state index in [-0.39, 0.29) is 41.7 Å². The minimum Gasteiger partial charge on any atom is -0.507 e. The van der Waals surface area contributed by atoms with E-state index in [1.54, 1.807) is 62.4 Å². The predicted octanol–water partition coefficient (Wildman–Crippen LogP) is 4.83. The number of aromatic carboxylic acids is 1. The van der Waals surface area contributed by atoms with E-state index >= 15 is 0 Å². The number of carboxylic acids is 1. The van der Waals surface area contributed by atoms with Crippen molar-refractivity contribution in [2.24, 2.45) is 29.1 Å². The predicted molar refractivity (Wildman–Crippen MR) is 160 cm³/mol. The lowest BCUT2D eigenvalue weighted by atomic mass is 9.51. The topological polar surface area (TPSA) is 132 Å². The molecular weight excluding hydrogens is 560 g/mol. The summed E-state index contributed by atoms with van der Waals surface area (Å²) in [5, 5.41) is 20.8. The number of anilines is 2. The highest BCUT2D eigenvalue weighted by atomic mass is 16.4. The van der Waals surface area contributed by atoms with Crippen LogP contribution in [0, 0.1) is 36.0 Å². The second kappa shape index (κ2) is 9.74. The average molecular weight is 591 g/mol. The largest absolute Gasteiger partial charge is 0.507 e. The van der Waals surface area contributed by atoms with Gasteiger partial charge < -0.3 is 10.2 Å². The van der Waals surface area contributed by atoms with Gasteiger partial charge in [0.1, 0.15) is 5.75 Å². The van der Waals surface area contributed by atoms with E-state index in [4.69, 9.17) is 0 Å². The third kappa shape index (κ3) is 3.68. The molecule has 4 aliphatic rings. The molecule has 3 aromatic carbocycles. The Morgan fingerprint density at radius 1 is 0.841 bits per heavy atom. The van der Waals surface area contributed by atoms with E-state index in [9.17, 15) is 34.2 Å². The maximum Gasteiger partial charge on any atom is 0.335 e. The lowest BCUT2D eigenvalue weighted by Crippen LogP contribution is -2.49. The molecule has 9 nitrogen and oxygen atoms in total. The Hall–Kier alpha value is -5.05. The summed E-state index contributed by atoms with van der Waals surface area (Å²) in [5.74, 6) is -6.33. The molecule has 0 bridgehead atoms. The second-order valence-corrected chi connectivity index (χ2v) is 12.4. The Morgan fingerprint density at radius 2 is 1.55 bits per heavy atom. The molecular formula is C35H30N2O7. The maximum atomic E-state index is 14.4. The first-order valence-corrected chi connectivity index (χ1v) is 14.7. The molecule has 9 heteroatoms. The van der Waals surface area contributed by atoms with Crippen LogP contribution in [0.3, 0.4) is 0 Å². The smallest absolute Gasteiger partial charge is 0.335 e. The normalized spacial score (nSPS) is 29.3. The van der Waals surface area contributed by atoms with Crippen LogP contribution in [0.25, 0.3) is 0 Å². The molecule has 44 heavy (non-hydrogen) atoms. The van der Waals surface area contributed by atoms with E-state index in [0.717, 1.165) is 10.5 Å². The fraction of sp³-hybridized carbons (Fsp3) is 0.286. The van der Waals surface area contributed by atoms with Crippen LogP contribution in [0.4, 0.5) is 11.4 Å². The van der Waals surface area contributed by atoms with Gasteiger partial charge in [0.15, 0.2) is 0 Å². The Labute approximate surface area is 253 Å². The first-order valence-electron chi connectivity index (χ1n) is 14.7. The van der Waals surface area contributed by atoms with Gasteiger partial charge in [0.05, 0.1) is 40.1 Å². The summed E-state index contributed by atoms with van der Waals surface area (Å²) < 4.78 is 0. The fourth-order valence-corrected chi connectivity index (χ4v) is 8.13. The number of hydrogen-bond donors (Lipinski definition) is 2. The molecule has 2 saturated heterocycles. The number of aryl methyl sites for hydroxylation is 1. The molecule has 222 valence electrons. The van der Waals surface area contributed by atoms with Crippen LogP contribution in [-0.2, 0) is 19.2 Å².